The minimum absolute atomic E-state index is 0.130. The molecule has 1 aromatic rings. The number of fused-ring (bicyclic) bond motifs is 1. The first-order valence-corrected chi connectivity index (χ1v) is 7.55. The molecule has 1 fully saturated rings. The molecule has 1 aromatic carbocycles. The van der Waals surface area contributed by atoms with Gasteiger partial charge >= 0.3 is 0 Å². The lowest BCUT2D eigenvalue weighted by atomic mass is 9.69. The average Bonchev–Trinajstić information content (AvgIpc) is 2.74. The first kappa shape index (κ1) is 14.1. The van der Waals surface area contributed by atoms with Crippen LogP contribution in [0.2, 0.25) is 0 Å². The lowest BCUT2D eigenvalue weighted by Crippen LogP contribution is -2.28. The van der Waals surface area contributed by atoms with E-state index < -0.39 is 0 Å². The zero-order valence-electron chi connectivity index (χ0n) is 12.8. The van der Waals surface area contributed by atoms with Crippen molar-refractivity contribution in [3.63, 3.8) is 0 Å². The Hall–Kier alpha value is -1.90. The largest absolute Gasteiger partial charge is 0.321 e. The molecule has 0 bridgehead atoms. The van der Waals surface area contributed by atoms with Gasteiger partial charge in [0.05, 0.1) is 5.57 Å². The van der Waals surface area contributed by atoms with Crippen molar-refractivity contribution >= 4 is 23.0 Å². The van der Waals surface area contributed by atoms with Crippen LogP contribution in [-0.2, 0) is 9.59 Å². The van der Waals surface area contributed by atoms with Crippen LogP contribution in [0.4, 0.5) is 5.69 Å². The minimum Gasteiger partial charge on any atom is -0.321 e. The van der Waals surface area contributed by atoms with Gasteiger partial charge in [-0.2, -0.15) is 0 Å². The van der Waals surface area contributed by atoms with Gasteiger partial charge in [0.25, 0.3) is 5.91 Å². The molecule has 110 valence electrons. The summed E-state index contributed by atoms with van der Waals surface area (Å²) in [5.74, 6) is 0.449. The monoisotopic (exact) mass is 283 g/mol. The minimum atomic E-state index is -0.130. The molecule has 1 atom stereocenters. The van der Waals surface area contributed by atoms with Crippen molar-refractivity contribution in [2.24, 2.45) is 11.3 Å². The predicted octanol–water partition coefficient (Wildman–Crippen LogP) is 3.81. The summed E-state index contributed by atoms with van der Waals surface area (Å²) in [6.45, 7) is 6.62. The molecule has 1 N–H and O–H groups in total. The zero-order valence-corrected chi connectivity index (χ0v) is 12.8. The van der Waals surface area contributed by atoms with E-state index in [4.69, 9.17) is 0 Å². The molecular weight excluding hydrogens is 262 g/mol. The van der Waals surface area contributed by atoms with Crippen molar-refractivity contribution in [3.05, 3.63) is 35.4 Å². The number of ketones is 1. The number of carbonyl (C=O) groups excluding carboxylic acids is 2. The summed E-state index contributed by atoms with van der Waals surface area (Å²) in [6.07, 6.45) is 2.18. The molecule has 1 amide bonds. The van der Waals surface area contributed by atoms with Crippen LogP contribution in [0, 0.1) is 11.3 Å². The highest BCUT2D eigenvalue weighted by molar-refractivity contribution is 6.35. The van der Waals surface area contributed by atoms with Gasteiger partial charge in [0, 0.05) is 23.2 Å². The van der Waals surface area contributed by atoms with E-state index in [1.807, 2.05) is 24.3 Å². The standard InChI is InChI=1S/C18H21NO2/c1-18(2,3)11-8-9-15(20)13(10-11)16-12-6-4-5-7-14(12)19-17(16)21/h4-7,11H,8-10H2,1-3H3,(H,19,21)/b16-13-/t11-/m0/s1. The van der Waals surface area contributed by atoms with E-state index in [2.05, 4.69) is 26.1 Å². The third kappa shape index (κ3) is 2.41. The van der Waals surface area contributed by atoms with E-state index in [9.17, 15) is 9.59 Å². The fourth-order valence-electron chi connectivity index (χ4n) is 3.32. The first-order valence-electron chi connectivity index (χ1n) is 7.55. The average molecular weight is 283 g/mol. The van der Waals surface area contributed by atoms with Crippen molar-refractivity contribution < 1.29 is 9.59 Å². The second kappa shape index (κ2) is 4.83. The molecule has 0 unspecified atom stereocenters. The third-order valence-electron chi connectivity index (χ3n) is 4.71. The smallest absolute Gasteiger partial charge is 0.256 e. The molecule has 2 aliphatic rings. The predicted molar refractivity (Wildman–Crippen MR) is 83.8 cm³/mol. The Kier molecular flexibility index (Phi) is 3.23. The lowest BCUT2D eigenvalue weighted by Gasteiger charge is -2.34. The second-order valence-electron chi connectivity index (χ2n) is 7.08. The molecule has 1 aliphatic heterocycles. The lowest BCUT2D eigenvalue weighted by molar-refractivity contribution is -0.118. The molecule has 0 spiro atoms. The van der Waals surface area contributed by atoms with Crippen LogP contribution in [-0.4, -0.2) is 11.7 Å². The van der Waals surface area contributed by atoms with Gasteiger partial charge in [-0.25, -0.2) is 0 Å². The summed E-state index contributed by atoms with van der Waals surface area (Å²) in [4.78, 5) is 24.7. The maximum atomic E-state index is 12.4. The highest BCUT2D eigenvalue weighted by atomic mass is 16.2. The maximum Gasteiger partial charge on any atom is 0.256 e. The summed E-state index contributed by atoms with van der Waals surface area (Å²) < 4.78 is 0. The maximum absolute atomic E-state index is 12.4. The molecule has 0 radical (unpaired) electrons. The quantitative estimate of drug-likeness (QED) is 0.736. The number of amides is 1. The number of nitrogens with one attached hydrogen (secondary N) is 1. The fraction of sp³-hybridized carbons (Fsp3) is 0.444. The number of allylic oxidation sites excluding steroid dienone is 1. The number of Topliss-reactive ketones (excluding diaryl/α,β-unsaturated/α-hetero) is 1. The molecule has 21 heavy (non-hydrogen) atoms. The second-order valence-corrected chi connectivity index (χ2v) is 7.08. The van der Waals surface area contributed by atoms with E-state index in [1.54, 1.807) is 0 Å². The zero-order chi connectivity index (χ0) is 15.2. The number of hydrogen-bond donors (Lipinski definition) is 1. The summed E-state index contributed by atoms with van der Waals surface area (Å²) in [5, 5.41) is 2.87. The first-order chi connectivity index (χ1) is 9.88. The number of rotatable bonds is 0. The van der Waals surface area contributed by atoms with Crippen molar-refractivity contribution in [1.29, 1.82) is 0 Å². The van der Waals surface area contributed by atoms with Gasteiger partial charge in [-0.05, 0) is 30.2 Å². The van der Waals surface area contributed by atoms with Crippen molar-refractivity contribution in [1.82, 2.24) is 0 Å². The summed E-state index contributed by atoms with van der Waals surface area (Å²) >= 11 is 0. The molecule has 1 saturated carbocycles. The van der Waals surface area contributed by atoms with Crippen LogP contribution < -0.4 is 5.32 Å². The van der Waals surface area contributed by atoms with E-state index in [-0.39, 0.29) is 17.1 Å². The third-order valence-corrected chi connectivity index (χ3v) is 4.71. The highest BCUT2D eigenvalue weighted by Crippen LogP contribution is 2.43. The molecule has 1 heterocycles. The van der Waals surface area contributed by atoms with E-state index in [0.717, 1.165) is 23.2 Å². The Bertz CT molecular complexity index is 649. The topological polar surface area (TPSA) is 46.2 Å². The van der Waals surface area contributed by atoms with Gasteiger partial charge < -0.3 is 5.32 Å². The van der Waals surface area contributed by atoms with E-state index in [0.29, 0.717) is 24.3 Å². The van der Waals surface area contributed by atoms with Gasteiger partial charge in [0.1, 0.15) is 0 Å². The van der Waals surface area contributed by atoms with Crippen LogP contribution >= 0.6 is 0 Å². The Morgan fingerprint density at radius 3 is 2.57 bits per heavy atom. The summed E-state index contributed by atoms with van der Waals surface area (Å²) in [5.41, 5.74) is 3.17. The van der Waals surface area contributed by atoms with Gasteiger partial charge in [0.2, 0.25) is 0 Å². The number of para-hydroxylation sites is 1. The van der Waals surface area contributed by atoms with Crippen molar-refractivity contribution in [3.8, 4) is 0 Å². The SMILES string of the molecule is CC(C)(C)[C@H]1CCC(=O)/C(=C2\C(=O)Nc3ccccc32)C1. The number of benzene rings is 1. The normalized spacial score (nSPS) is 25.8. The van der Waals surface area contributed by atoms with Gasteiger partial charge in [-0.1, -0.05) is 39.0 Å². The van der Waals surface area contributed by atoms with Crippen LogP contribution in [0.5, 0.6) is 0 Å². The molecule has 1 aliphatic carbocycles. The van der Waals surface area contributed by atoms with Gasteiger partial charge in [-0.3, -0.25) is 9.59 Å². The summed E-state index contributed by atoms with van der Waals surface area (Å²) in [6, 6.07) is 7.61. The van der Waals surface area contributed by atoms with E-state index in [1.165, 1.54) is 0 Å². The Labute approximate surface area is 125 Å². The molecule has 0 aromatic heterocycles. The fourth-order valence-corrected chi connectivity index (χ4v) is 3.32. The van der Waals surface area contributed by atoms with Gasteiger partial charge in [-0.15, -0.1) is 0 Å². The number of carbonyl (C=O) groups is 2. The van der Waals surface area contributed by atoms with E-state index >= 15 is 0 Å². The summed E-state index contributed by atoms with van der Waals surface area (Å²) in [7, 11) is 0. The van der Waals surface area contributed by atoms with Gasteiger partial charge in [0.15, 0.2) is 5.78 Å². The van der Waals surface area contributed by atoms with Crippen LogP contribution in [0.3, 0.4) is 0 Å². The molecular formula is C18H21NO2. The number of anilines is 1. The number of hydrogen-bond acceptors (Lipinski definition) is 2. The molecule has 3 nitrogen and oxygen atoms in total. The molecule has 0 saturated heterocycles. The molecule has 3 rings (SSSR count). The Morgan fingerprint density at radius 2 is 1.86 bits per heavy atom. The van der Waals surface area contributed by atoms with Crippen LogP contribution in [0.1, 0.15) is 45.6 Å². The highest BCUT2D eigenvalue weighted by Gasteiger charge is 2.36. The van der Waals surface area contributed by atoms with Crippen LogP contribution in [0.15, 0.2) is 29.8 Å². The Balaban J connectivity index is 2.08. The van der Waals surface area contributed by atoms with Crippen molar-refractivity contribution in [2.75, 3.05) is 5.32 Å². The molecule has 3 heteroatoms. The van der Waals surface area contributed by atoms with Crippen molar-refractivity contribution in [2.45, 2.75) is 40.0 Å². The Morgan fingerprint density at radius 1 is 1.14 bits per heavy atom. The van der Waals surface area contributed by atoms with Crippen LogP contribution in [0.25, 0.3) is 5.57 Å².